The summed E-state index contributed by atoms with van der Waals surface area (Å²) in [4.78, 5) is 3.26. The molecule has 3 heterocycles. The van der Waals surface area contributed by atoms with E-state index >= 15 is 0 Å². The molecule has 1 saturated heterocycles. The second-order valence-electron chi connectivity index (χ2n) is 5.27. The third-order valence-corrected chi connectivity index (χ3v) is 4.20. The van der Waals surface area contributed by atoms with Gasteiger partial charge in [0.15, 0.2) is 10.4 Å². The fourth-order valence-electron chi connectivity index (χ4n) is 2.89. The lowest BCUT2D eigenvalue weighted by atomic mass is 10.1. The summed E-state index contributed by atoms with van der Waals surface area (Å²) in [5.74, 6) is 0. The lowest BCUT2D eigenvalue weighted by molar-refractivity contribution is 0.00888. The number of imidazole rings is 1. The number of nitrogens with zero attached hydrogens (tertiary/aromatic N) is 3. The third kappa shape index (κ3) is 2.34. The minimum Gasteiger partial charge on any atom is -0.378 e. The third-order valence-electron chi connectivity index (χ3n) is 3.87. The number of hydrogen-bond acceptors (Lipinski definition) is 3. The SMILES string of the molecule is Cc1nn(C)c2c1[nH]c(=S)n2CCC1CCCCO1. The van der Waals surface area contributed by atoms with Gasteiger partial charge in [-0.15, -0.1) is 0 Å². The van der Waals surface area contributed by atoms with E-state index in [-0.39, 0.29) is 0 Å². The lowest BCUT2D eigenvalue weighted by Gasteiger charge is -2.22. The van der Waals surface area contributed by atoms with Crippen LogP contribution in [0, 0.1) is 11.7 Å². The summed E-state index contributed by atoms with van der Waals surface area (Å²) in [6.07, 6.45) is 5.06. The molecule has 2 aromatic heterocycles. The van der Waals surface area contributed by atoms with Gasteiger partial charge >= 0.3 is 0 Å². The molecular formula is C13H20N4OS. The maximum Gasteiger partial charge on any atom is 0.179 e. The number of aryl methyl sites for hydroxylation is 3. The van der Waals surface area contributed by atoms with Crippen molar-refractivity contribution in [2.75, 3.05) is 6.61 Å². The fraction of sp³-hybridized carbons (Fsp3) is 0.692. The van der Waals surface area contributed by atoms with Crippen LogP contribution in [0.15, 0.2) is 0 Å². The van der Waals surface area contributed by atoms with E-state index < -0.39 is 0 Å². The van der Waals surface area contributed by atoms with Gasteiger partial charge in [0.25, 0.3) is 0 Å². The van der Waals surface area contributed by atoms with Crippen LogP contribution in [-0.2, 0) is 18.3 Å². The molecule has 0 spiro atoms. The Hall–Kier alpha value is -1.14. The van der Waals surface area contributed by atoms with Gasteiger partial charge in [-0.25, -0.2) is 0 Å². The highest BCUT2D eigenvalue weighted by molar-refractivity contribution is 7.71. The van der Waals surface area contributed by atoms with Crippen molar-refractivity contribution in [3.63, 3.8) is 0 Å². The zero-order chi connectivity index (χ0) is 13.4. The molecule has 0 amide bonds. The summed E-state index contributed by atoms with van der Waals surface area (Å²) >= 11 is 5.42. The molecule has 3 rings (SSSR count). The van der Waals surface area contributed by atoms with Crippen molar-refractivity contribution >= 4 is 23.4 Å². The van der Waals surface area contributed by atoms with Gasteiger partial charge in [-0.1, -0.05) is 0 Å². The fourth-order valence-corrected chi connectivity index (χ4v) is 3.17. The Morgan fingerprint density at radius 2 is 2.32 bits per heavy atom. The average Bonchev–Trinajstić information content (AvgIpc) is 2.87. The number of fused-ring (bicyclic) bond motifs is 1. The molecule has 1 atom stereocenters. The van der Waals surface area contributed by atoms with Crippen LogP contribution in [0.3, 0.4) is 0 Å². The predicted octanol–water partition coefficient (Wildman–Crippen LogP) is 2.70. The Bertz CT molecular complexity index is 633. The number of aromatic nitrogens is 4. The van der Waals surface area contributed by atoms with Gasteiger partial charge in [0.05, 0.1) is 11.8 Å². The first kappa shape index (κ1) is 12.9. The normalized spacial score (nSPS) is 20.2. The maximum atomic E-state index is 5.78. The molecule has 0 bridgehead atoms. The molecule has 2 aromatic rings. The topological polar surface area (TPSA) is 47.8 Å². The van der Waals surface area contributed by atoms with Crippen molar-refractivity contribution in [1.82, 2.24) is 19.3 Å². The molecular weight excluding hydrogens is 260 g/mol. The van der Waals surface area contributed by atoms with E-state index in [9.17, 15) is 0 Å². The molecule has 6 heteroatoms. The van der Waals surface area contributed by atoms with Crippen LogP contribution >= 0.6 is 12.2 Å². The lowest BCUT2D eigenvalue weighted by Crippen LogP contribution is -2.21. The molecule has 19 heavy (non-hydrogen) atoms. The van der Waals surface area contributed by atoms with Crippen molar-refractivity contribution < 1.29 is 4.74 Å². The van der Waals surface area contributed by atoms with E-state index in [1.54, 1.807) is 0 Å². The highest BCUT2D eigenvalue weighted by Gasteiger charge is 2.16. The smallest absolute Gasteiger partial charge is 0.179 e. The van der Waals surface area contributed by atoms with E-state index in [1.807, 2.05) is 18.7 Å². The average molecular weight is 280 g/mol. The van der Waals surface area contributed by atoms with Gasteiger partial charge in [-0.05, 0) is 44.8 Å². The molecule has 1 unspecified atom stereocenters. The van der Waals surface area contributed by atoms with Gasteiger partial charge in [0, 0.05) is 20.2 Å². The van der Waals surface area contributed by atoms with Crippen molar-refractivity contribution in [3.05, 3.63) is 10.5 Å². The maximum absolute atomic E-state index is 5.78. The van der Waals surface area contributed by atoms with Crippen molar-refractivity contribution in [2.45, 2.75) is 45.3 Å². The van der Waals surface area contributed by atoms with Gasteiger partial charge in [-0.2, -0.15) is 5.10 Å². The molecule has 104 valence electrons. The first-order valence-electron chi connectivity index (χ1n) is 6.90. The minimum absolute atomic E-state index is 0.384. The number of aromatic amines is 1. The summed E-state index contributed by atoms with van der Waals surface area (Å²) in [6, 6.07) is 0. The minimum atomic E-state index is 0.384. The van der Waals surface area contributed by atoms with Crippen LogP contribution < -0.4 is 0 Å². The Labute approximate surface area is 117 Å². The summed E-state index contributed by atoms with van der Waals surface area (Å²) in [5, 5.41) is 4.43. The zero-order valence-corrected chi connectivity index (χ0v) is 12.3. The van der Waals surface area contributed by atoms with Crippen LogP contribution in [-0.4, -0.2) is 32.0 Å². The van der Waals surface area contributed by atoms with Crippen LogP contribution in [0.4, 0.5) is 0 Å². The Balaban J connectivity index is 1.83. The molecule has 5 nitrogen and oxygen atoms in total. The van der Waals surface area contributed by atoms with Gasteiger partial charge < -0.3 is 14.3 Å². The molecule has 0 radical (unpaired) electrons. The number of hydrogen-bond donors (Lipinski definition) is 1. The highest BCUT2D eigenvalue weighted by atomic mass is 32.1. The molecule has 0 aliphatic carbocycles. The Kier molecular flexibility index (Phi) is 3.45. The van der Waals surface area contributed by atoms with Crippen LogP contribution in [0.5, 0.6) is 0 Å². The first-order valence-corrected chi connectivity index (χ1v) is 7.31. The molecule has 0 saturated carbocycles. The molecule has 1 fully saturated rings. The predicted molar refractivity (Wildman–Crippen MR) is 76.8 cm³/mol. The first-order chi connectivity index (χ1) is 9.16. The second kappa shape index (κ2) is 5.09. The van der Waals surface area contributed by atoms with E-state index in [1.165, 1.54) is 19.3 Å². The molecule has 1 aliphatic rings. The van der Waals surface area contributed by atoms with Crippen molar-refractivity contribution in [1.29, 1.82) is 0 Å². The highest BCUT2D eigenvalue weighted by Crippen LogP contribution is 2.20. The largest absolute Gasteiger partial charge is 0.378 e. The number of nitrogens with one attached hydrogen (secondary N) is 1. The summed E-state index contributed by atoms with van der Waals surface area (Å²) in [6.45, 7) is 3.80. The standard InChI is InChI=1S/C13H20N4OS/c1-9-11-12(16(2)15-9)17(13(19)14-11)7-6-10-5-3-4-8-18-10/h10H,3-8H2,1-2H3,(H,14,19). The van der Waals surface area contributed by atoms with Crippen LogP contribution in [0.25, 0.3) is 11.2 Å². The Morgan fingerprint density at radius 1 is 1.47 bits per heavy atom. The summed E-state index contributed by atoms with van der Waals surface area (Å²) in [5.41, 5.74) is 3.13. The molecule has 1 aliphatic heterocycles. The van der Waals surface area contributed by atoms with Crippen LogP contribution in [0.2, 0.25) is 0 Å². The van der Waals surface area contributed by atoms with Crippen molar-refractivity contribution in [3.8, 4) is 0 Å². The quantitative estimate of drug-likeness (QED) is 0.879. The van der Waals surface area contributed by atoms with E-state index in [0.717, 1.165) is 41.2 Å². The molecule has 0 aromatic carbocycles. The van der Waals surface area contributed by atoms with Crippen LogP contribution in [0.1, 0.15) is 31.4 Å². The monoisotopic (exact) mass is 280 g/mol. The number of rotatable bonds is 3. The number of ether oxygens (including phenoxy) is 1. The second-order valence-corrected chi connectivity index (χ2v) is 5.65. The van der Waals surface area contributed by atoms with E-state index in [4.69, 9.17) is 17.0 Å². The van der Waals surface area contributed by atoms with E-state index in [0.29, 0.717) is 6.10 Å². The summed E-state index contributed by atoms with van der Waals surface area (Å²) < 4.78 is 10.6. The summed E-state index contributed by atoms with van der Waals surface area (Å²) in [7, 11) is 1.96. The van der Waals surface area contributed by atoms with Gasteiger partial charge in [0.2, 0.25) is 0 Å². The molecule has 1 N–H and O–H groups in total. The van der Waals surface area contributed by atoms with Crippen molar-refractivity contribution in [2.24, 2.45) is 7.05 Å². The number of H-pyrrole nitrogens is 1. The van der Waals surface area contributed by atoms with Gasteiger partial charge in [-0.3, -0.25) is 4.68 Å². The zero-order valence-electron chi connectivity index (χ0n) is 11.5. The van der Waals surface area contributed by atoms with Gasteiger partial charge in [0.1, 0.15) is 5.52 Å². The van der Waals surface area contributed by atoms with E-state index in [2.05, 4.69) is 14.6 Å². The Morgan fingerprint density at radius 3 is 3.05 bits per heavy atom.